The number of aliphatic carboxylic acids is 1. The molecule has 0 amide bonds. The molecule has 0 aliphatic rings. The second-order valence-electron chi connectivity index (χ2n) is 2.65. The Balaban J connectivity index is 2.97. The van der Waals surface area contributed by atoms with E-state index >= 15 is 0 Å². The zero-order chi connectivity index (χ0) is 10.7. The highest BCUT2D eigenvalue weighted by molar-refractivity contribution is 9.10. The van der Waals surface area contributed by atoms with Gasteiger partial charge in [0.1, 0.15) is 0 Å². The minimum Gasteiger partial charge on any atom is -0.481 e. The highest BCUT2D eigenvalue weighted by Crippen LogP contribution is 2.11. The number of carboxylic acid groups (broad SMARTS) is 1. The van der Waals surface area contributed by atoms with Crippen LogP contribution in [0.4, 0.5) is 0 Å². The summed E-state index contributed by atoms with van der Waals surface area (Å²) in [7, 11) is 0. The van der Waals surface area contributed by atoms with Crippen LogP contribution in [0.3, 0.4) is 0 Å². The Morgan fingerprint density at radius 1 is 1.64 bits per heavy atom. The Bertz CT molecular complexity index is 416. The van der Waals surface area contributed by atoms with Gasteiger partial charge in [-0.3, -0.25) is 9.59 Å². The zero-order valence-electron chi connectivity index (χ0n) is 7.04. The molecule has 0 aliphatic heterocycles. The number of rotatable bonds is 3. The first-order valence-electron chi connectivity index (χ1n) is 3.78. The predicted octanol–water partition coefficient (Wildman–Crippen LogP) is 1.74. The first-order valence-corrected chi connectivity index (χ1v) is 4.95. The van der Waals surface area contributed by atoms with E-state index in [0.29, 0.717) is 9.50 Å². The molecule has 0 saturated carbocycles. The fraction of sp³-hybridized carbons (Fsp3) is 0.250. The van der Waals surface area contributed by atoms with Crippen LogP contribution in [0.25, 0.3) is 0 Å². The molecule has 4 nitrogen and oxygen atoms in total. The summed E-state index contributed by atoms with van der Waals surface area (Å²) in [6, 6.07) is 1.47. The maximum atomic E-state index is 11.4. The standard InChI is InChI=1S/C8H7BrClNO3/c9-6-3-5(10)4-11(8(6)14)2-1-7(12)13/h3-4H,1-2H2,(H,12,13). The van der Waals surface area contributed by atoms with E-state index in [1.165, 1.54) is 16.8 Å². The van der Waals surface area contributed by atoms with Crippen LogP contribution in [0.1, 0.15) is 6.42 Å². The van der Waals surface area contributed by atoms with Crippen LogP contribution < -0.4 is 5.56 Å². The van der Waals surface area contributed by atoms with Gasteiger partial charge in [0.05, 0.1) is 15.9 Å². The lowest BCUT2D eigenvalue weighted by Gasteiger charge is -2.04. The number of hydrogen-bond donors (Lipinski definition) is 1. The molecule has 0 bridgehead atoms. The average molecular weight is 281 g/mol. The van der Waals surface area contributed by atoms with E-state index in [4.69, 9.17) is 16.7 Å². The van der Waals surface area contributed by atoms with E-state index in [1.54, 1.807) is 0 Å². The van der Waals surface area contributed by atoms with Crippen molar-refractivity contribution in [1.82, 2.24) is 4.57 Å². The molecular weight excluding hydrogens is 273 g/mol. The third kappa shape index (κ3) is 2.85. The fourth-order valence-electron chi connectivity index (χ4n) is 0.947. The van der Waals surface area contributed by atoms with Crippen LogP contribution in [0.2, 0.25) is 5.02 Å². The van der Waals surface area contributed by atoms with Gasteiger partial charge in [-0.15, -0.1) is 0 Å². The van der Waals surface area contributed by atoms with E-state index in [1.807, 2.05) is 0 Å². The van der Waals surface area contributed by atoms with Crippen molar-refractivity contribution in [3.8, 4) is 0 Å². The topological polar surface area (TPSA) is 59.3 Å². The second kappa shape index (κ2) is 4.61. The normalized spacial score (nSPS) is 10.1. The fourth-order valence-corrected chi connectivity index (χ4v) is 1.78. The monoisotopic (exact) mass is 279 g/mol. The van der Waals surface area contributed by atoms with Gasteiger partial charge in [0.2, 0.25) is 0 Å². The van der Waals surface area contributed by atoms with E-state index < -0.39 is 5.97 Å². The highest BCUT2D eigenvalue weighted by atomic mass is 79.9. The lowest BCUT2D eigenvalue weighted by Crippen LogP contribution is -2.21. The van der Waals surface area contributed by atoms with Gasteiger partial charge in [-0.1, -0.05) is 11.6 Å². The summed E-state index contributed by atoms with van der Waals surface area (Å²) in [6.07, 6.45) is 1.31. The van der Waals surface area contributed by atoms with Crippen molar-refractivity contribution in [3.05, 3.63) is 32.1 Å². The Morgan fingerprint density at radius 2 is 2.29 bits per heavy atom. The summed E-state index contributed by atoms with van der Waals surface area (Å²) in [5.41, 5.74) is -0.282. The molecule has 76 valence electrons. The van der Waals surface area contributed by atoms with Gasteiger partial charge in [-0.05, 0) is 22.0 Å². The number of pyridine rings is 1. The molecule has 1 aromatic rings. The minimum absolute atomic E-state index is 0.104. The van der Waals surface area contributed by atoms with Crippen molar-refractivity contribution in [2.24, 2.45) is 0 Å². The van der Waals surface area contributed by atoms with Crippen molar-refractivity contribution < 1.29 is 9.90 Å². The Hall–Kier alpha value is -0.810. The molecule has 0 aliphatic carbocycles. The molecule has 0 unspecified atom stereocenters. The van der Waals surface area contributed by atoms with Crippen LogP contribution in [0, 0.1) is 0 Å². The molecule has 0 radical (unpaired) electrons. The molecule has 1 aromatic heterocycles. The lowest BCUT2D eigenvalue weighted by atomic mass is 10.4. The third-order valence-corrected chi connectivity index (χ3v) is 2.35. The smallest absolute Gasteiger partial charge is 0.305 e. The van der Waals surface area contributed by atoms with Gasteiger partial charge in [0.15, 0.2) is 0 Å². The largest absolute Gasteiger partial charge is 0.481 e. The Kier molecular flexibility index (Phi) is 3.71. The summed E-state index contributed by atoms with van der Waals surface area (Å²) in [4.78, 5) is 21.7. The molecule has 0 saturated heterocycles. The molecule has 0 spiro atoms. The number of carbonyl (C=O) groups is 1. The van der Waals surface area contributed by atoms with Crippen LogP contribution in [-0.2, 0) is 11.3 Å². The van der Waals surface area contributed by atoms with Gasteiger partial charge < -0.3 is 9.67 Å². The van der Waals surface area contributed by atoms with Gasteiger partial charge in [0.25, 0.3) is 5.56 Å². The quantitative estimate of drug-likeness (QED) is 0.917. The zero-order valence-corrected chi connectivity index (χ0v) is 9.38. The van der Waals surface area contributed by atoms with Crippen LogP contribution in [-0.4, -0.2) is 15.6 Å². The summed E-state index contributed by atoms with van der Waals surface area (Å²) < 4.78 is 1.59. The summed E-state index contributed by atoms with van der Waals surface area (Å²) in [5.74, 6) is -0.951. The van der Waals surface area contributed by atoms with Crippen molar-refractivity contribution in [1.29, 1.82) is 0 Å². The van der Waals surface area contributed by atoms with E-state index in [2.05, 4.69) is 15.9 Å². The van der Waals surface area contributed by atoms with E-state index in [-0.39, 0.29) is 18.5 Å². The molecule has 1 heterocycles. The Morgan fingerprint density at radius 3 is 2.86 bits per heavy atom. The molecule has 0 aromatic carbocycles. The lowest BCUT2D eigenvalue weighted by molar-refractivity contribution is -0.137. The van der Waals surface area contributed by atoms with Gasteiger partial charge in [0, 0.05) is 12.7 Å². The molecule has 1 N–H and O–H groups in total. The first kappa shape index (κ1) is 11.3. The molecule has 0 fully saturated rings. The van der Waals surface area contributed by atoms with Crippen LogP contribution in [0.15, 0.2) is 21.5 Å². The number of aryl methyl sites for hydroxylation is 1. The van der Waals surface area contributed by atoms with Crippen LogP contribution in [0.5, 0.6) is 0 Å². The average Bonchev–Trinajstić information content (AvgIpc) is 2.08. The molecule has 6 heteroatoms. The molecular formula is C8H7BrClNO3. The van der Waals surface area contributed by atoms with Crippen molar-refractivity contribution in [2.45, 2.75) is 13.0 Å². The minimum atomic E-state index is -0.951. The number of nitrogens with zero attached hydrogens (tertiary/aromatic N) is 1. The first-order chi connectivity index (χ1) is 6.50. The summed E-state index contributed by atoms with van der Waals surface area (Å²) in [6.45, 7) is 0.118. The van der Waals surface area contributed by atoms with Gasteiger partial charge in [-0.2, -0.15) is 0 Å². The van der Waals surface area contributed by atoms with Crippen molar-refractivity contribution >= 4 is 33.5 Å². The van der Waals surface area contributed by atoms with Gasteiger partial charge >= 0.3 is 5.97 Å². The summed E-state index contributed by atoms with van der Waals surface area (Å²) in [5, 5.41) is 8.83. The van der Waals surface area contributed by atoms with Crippen molar-refractivity contribution in [3.63, 3.8) is 0 Å². The highest BCUT2D eigenvalue weighted by Gasteiger charge is 2.04. The predicted molar refractivity (Wildman–Crippen MR) is 55.7 cm³/mol. The summed E-state index contributed by atoms with van der Waals surface area (Å²) >= 11 is 8.74. The maximum Gasteiger partial charge on any atom is 0.305 e. The molecule has 0 atom stereocenters. The maximum absolute atomic E-state index is 11.4. The van der Waals surface area contributed by atoms with E-state index in [0.717, 1.165) is 0 Å². The van der Waals surface area contributed by atoms with Crippen molar-refractivity contribution in [2.75, 3.05) is 0 Å². The number of aromatic nitrogens is 1. The SMILES string of the molecule is O=C(O)CCn1cc(Cl)cc(Br)c1=O. The molecule has 1 rings (SSSR count). The number of hydrogen-bond acceptors (Lipinski definition) is 2. The molecule has 14 heavy (non-hydrogen) atoms. The third-order valence-electron chi connectivity index (χ3n) is 1.58. The second-order valence-corrected chi connectivity index (χ2v) is 3.94. The van der Waals surface area contributed by atoms with Gasteiger partial charge in [-0.25, -0.2) is 0 Å². The number of carboxylic acids is 1. The number of halogens is 2. The van der Waals surface area contributed by atoms with E-state index in [9.17, 15) is 9.59 Å². The Labute approximate surface area is 93.2 Å². The van der Waals surface area contributed by atoms with Crippen LogP contribution >= 0.6 is 27.5 Å².